The van der Waals surface area contributed by atoms with Gasteiger partial charge in [0.2, 0.25) is 0 Å². The van der Waals surface area contributed by atoms with E-state index in [1.54, 1.807) is 19.1 Å². The van der Waals surface area contributed by atoms with Crippen LogP contribution >= 0.6 is 0 Å². The average Bonchev–Trinajstić information content (AvgIpc) is 3.03. The van der Waals surface area contributed by atoms with Crippen LogP contribution in [0.5, 0.6) is 0 Å². The van der Waals surface area contributed by atoms with Crippen molar-refractivity contribution in [3.8, 4) is 11.3 Å². The van der Waals surface area contributed by atoms with Crippen LogP contribution in [0.3, 0.4) is 0 Å². The largest absolute Gasteiger partial charge is 0.462 e. The van der Waals surface area contributed by atoms with Crippen LogP contribution in [0.25, 0.3) is 16.8 Å². The Kier molecular flexibility index (Phi) is 5.07. The molecule has 0 N–H and O–H groups in total. The number of carbonyl (C=O) groups is 1. The van der Waals surface area contributed by atoms with Gasteiger partial charge < -0.3 is 4.74 Å². The van der Waals surface area contributed by atoms with E-state index in [0.29, 0.717) is 16.8 Å². The molecule has 0 saturated heterocycles. The van der Waals surface area contributed by atoms with E-state index in [2.05, 4.69) is 6.92 Å². The summed E-state index contributed by atoms with van der Waals surface area (Å²) in [6.45, 7) is 8.22. The number of carbonyl (C=O) groups excluding carboxylic acids is 1. The zero-order valence-corrected chi connectivity index (χ0v) is 15.5. The molecule has 0 bridgehead atoms. The summed E-state index contributed by atoms with van der Waals surface area (Å²) in [5.41, 5.74) is 4.53. The Bertz CT molecular complexity index is 943. The molecule has 0 spiro atoms. The normalized spacial score (nSPS) is 11.3. The van der Waals surface area contributed by atoms with Gasteiger partial charge in [-0.15, -0.1) is 0 Å². The standard InChI is InChI=1S/C21H23FN2O2/c1-5-16-11-12-17-18(13(3)4)19(21(25)26-6-2)20(23-24(16)17)14-7-9-15(22)10-8-14/h7-13H,5-6H2,1-4H3. The molecule has 0 aliphatic heterocycles. The van der Waals surface area contributed by atoms with Crippen LogP contribution in [0.15, 0.2) is 36.4 Å². The van der Waals surface area contributed by atoms with Crippen molar-refractivity contribution in [3.05, 3.63) is 59.0 Å². The summed E-state index contributed by atoms with van der Waals surface area (Å²) in [4.78, 5) is 12.8. The molecule has 2 aromatic heterocycles. The second kappa shape index (κ2) is 7.28. The molecule has 0 atom stereocenters. The molecule has 0 saturated carbocycles. The van der Waals surface area contributed by atoms with Gasteiger partial charge in [-0.2, -0.15) is 5.10 Å². The van der Waals surface area contributed by atoms with Gasteiger partial charge in [-0.1, -0.05) is 20.8 Å². The van der Waals surface area contributed by atoms with Crippen molar-refractivity contribution in [2.45, 2.75) is 40.0 Å². The van der Waals surface area contributed by atoms with Gasteiger partial charge in [-0.25, -0.2) is 13.7 Å². The predicted molar refractivity (Wildman–Crippen MR) is 100 cm³/mol. The zero-order chi connectivity index (χ0) is 18.8. The maximum atomic E-state index is 13.4. The van der Waals surface area contributed by atoms with Crippen LogP contribution in [-0.4, -0.2) is 22.2 Å². The molecule has 26 heavy (non-hydrogen) atoms. The average molecular weight is 354 g/mol. The first kappa shape index (κ1) is 18.1. The number of rotatable bonds is 5. The Balaban J connectivity index is 2.40. The molecule has 0 radical (unpaired) electrons. The van der Waals surface area contributed by atoms with Crippen LogP contribution in [0, 0.1) is 5.82 Å². The first-order chi connectivity index (χ1) is 12.5. The van der Waals surface area contributed by atoms with Crippen molar-refractivity contribution in [1.29, 1.82) is 0 Å². The molecule has 0 unspecified atom stereocenters. The summed E-state index contributed by atoms with van der Waals surface area (Å²) < 4.78 is 20.6. The summed E-state index contributed by atoms with van der Waals surface area (Å²) >= 11 is 0. The SMILES string of the molecule is CCOC(=O)c1c(-c2ccc(F)cc2)nn2c(CC)ccc2c1C(C)C. The monoisotopic (exact) mass is 354 g/mol. The Hall–Kier alpha value is -2.69. The highest BCUT2D eigenvalue weighted by Crippen LogP contribution is 2.33. The van der Waals surface area contributed by atoms with Gasteiger partial charge in [0.15, 0.2) is 0 Å². The minimum atomic E-state index is -0.398. The van der Waals surface area contributed by atoms with Gasteiger partial charge in [0, 0.05) is 11.3 Å². The highest BCUT2D eigenvalue weighted by Gasteiger charge is 2.26. The number of ether oxygens (including phenoxy) is 1. The van der Waals surface area contributed by atoms with E-state index >= 15 is 0 Å². The van der Waals surface area contributed by atoms with Crippen LogP contribution in [-0.2, 0) is 11.2 Å². The molecule has 3 aromatic rings. The second-order valence-corrected chi connectivity index (χ2v) is 6.49. The summed E-state index contributed by atoms with van der Waals surface area (Å²) in [5, 5.41) is 4.75. The lowest BCUT2D eigenvalue weighted by molar-refractivity contribution is 0.0525. The summed E-state index contributed by atoms with van der Waals surface area (Å²) in [6.07, 6.45) is 0.820. The molecule has 0 aliphatic rings. The van der Waals surface area contributed by atoms with Crippen molar-refractivity contribution >= 4 is 11.5 Å². The first-order valence-electron chi connectivity index (χ1n) is 8.95. The van der Waals surface area contributed by atoms with E-state index in [1.807, 2.05) is 30.5 Å². The highest BCUT2D eigenvalue weighted by molar-refractivity contribution is 5.99. The van der Waals surface area contributed by atoms with Crippen molar-refractivity contribution < 1.29 is 13.9 Å². The van der Waals surface area contributed by atoms with Crippen molar-refractivity contribution in [1.82, 2.24) is 9.61 Å². The minimum absolute atomic E-state index is 0.0960. The van der Waals surface area contributed by atoms with Gasteiger partial charge in [0.25, 0.3) is 0 Å². The second-order valence-electron chi connectivity index (χ2n) is 6.49. The van der Waals surface area contributed by atoms with Crippen molar-refractivity contribution in [2.24, 2.45) is 0 Å². The van der Waals surface area contributed by atoms with Crippen LogP contribution in [0.1, 0.15) is 55.2 Å². The zero-order valence-electron chi connectivity index (χ0n) is 15.5. The van der Waals surface area contributed by atoms with E-state index in [9.17, 15) is 9.18 Å². The fourth-order valence-electron chi connectivity index (χ4n) is 3.27. The Morgan fingerprint density at radius 1 is 1.15 bits per heavy atom. The van der Waals surface area contributed by atoms with Gasteiger partial charge in [-0.05, 0) is 61.2 Å². The first-order valence-corrected chi connectivity index (χ1v) is 8.95. The van der Waals surface area contributed by atoms with Crippen LogP contribution < -0.4 is 0 Å². The van der Waals surface area contributed by atoms with Gasteiger partial charge in [0.05, 0.1) is 17.7 Å². The maximum Gasteiger partial charge on any atom is 0.340 e. The molecular weight excluding hydrogens is 331 g/mol. The molecule has 5 heteroatoms. The number of aryl methyl sites for hydroxylation is 1. The maximum absolute atomic E-state index is 13.4. The smallest absolute Gasteiger partial charge is 0.340 e. The number of hydrogen-bond donors (Lipinski definition) is 0. The number of benzene rings is 1. The van der Waals surface area contributed by atoms with E-state index in [1.165, 1.54) is 12.1 Å². The molecular formula is C21H23FN2O2. The quantitative estimate of drug-likeness (QED) is 0.605. The molecule has 136 valence electrons. The number of aromatic nitrogens is 2. The van der Waals surface area contributed by atoms with Gasteiger partial charge in [0.1, 0.15) is 11.5 Å². The summed E-state index contributed by atoms with van der Waals surface area (Å²) in [6, 6.07) is 10.1. The lowest BCUT2D eigenvalue weighted by Crippen LogP contribution is -2.15. The van der Waals surface area contributed by atoms with Gasteiger partial charge >= 0.3 is 5.97 Å². The van der Waals surface area contributed by atoms with E-state index in [0.717, 1.165) is 23.2 Å². The van der Waals surface area contributed by atoms with Crippen LogP contribution in [0.2, 0.25) is 0 Å². The third-order valence-electron chi connectivity index (χ3n) is 4.45. The molecule has 4 nitrogen and oxygen atoms in total. The Morgan fingerprint density at radius 3 is 2.42 bits per heavy atom. The van der Waals surface area contributed by atoms with Crippen molar-refractivity contribution in [3.63, 3.8) is 0 Å². The lowest BCUT2D eigenvalue weighted by atomic mass is 9.93. The molecule has 1 aromatic carbocycles. The predicted octanol–water partition coefficient (Wildman–Crippen LogP) is 5.00. The van der Waals surface area contributed by atoms with E-state index < -0.39 is 5.97 Å². The number of halogens is 1. The van der Waals surface area contributed by atoms with E-state index in [-0.39, 0.29) is 18.3 Å². The topological polar surface area (TPSA) is 43.6 Å². The number of fused-ring (bicyclic) bond motifs is 1. The Labute approximate surface area is 152 Å². The van der Waals surface area contributed by atoms with Crippen LogP contribution in [0.4, 0.5) is 4.39 Å². The fourth-order valence-corrected chi connectivity index (χ4v) is 3.27. The number of nitrogens with zero attached hydrogens (tertiary/aromatic N) is 2. The fraction of sp³-hybridized carbons (Fsp3) is 0.333. The number of hydrogen-bond acceptors (Lipinski definition) is 3. The molecule has 0 fully saturated rings. The molecule has 0 amide bonds. The molecule has 2 heterocycles. The minimum Gasteiger partial charge on any atom is -0.462 e. The summed E-state index contributed by atoms with van der Waals surface area (Å²) in [5.74, 6) is -0.629. The number of esters is 1. The van der Waals surface area contributed by atoms with Crippen molar-refractivity contribution in [2.75, 3.05) is 6.61 Å². The third kappa shape index (κ3) is 3.09. The molecule has 3 rings (SSSR count). The Morgan fingerprint density at radius 2 is 1.85 bits per heavy atom. The summed E-state index contributed by atoms with van der Waals surface area (Å²) in [7, 11) is 0. The van der Waals surface area contributed by atoms with E-state index in [4.69, 9.17) is 9.84 Å². The third-order valence-corrected chi connectivity index (χ3v) is 4.45. The molecule has 0 aliphatic carbocycles. The van der Waals surface area contributed by atoms with Gasteiger partial charge in [-0.3, -0.25) is 0 Å². The lowest BCUT2D eigenvalue weighted by Gasteiger charge is -2.18. The highest BCUT2D eigenvalue weighted by atomic mass is 19.1.